The molecule has 4 heteroatoms. The van der Waals surface area contributed by atoms with Crippen molar-refractivity contribution in [3.8, 4) is 0 Å². The Morgan fingerprint density at radius 1 is 1.24 bits per heavy atom. The molecule has 1 aliphatic rings. The number of halogens is 1. The van der Waals surface area contributed by atoms with Crippen molar-refractivity contribution in [2.75, 3.05) is 23.3 Å². The molecule has 108 valence electrons. The highest BCUT2D eigenvalue weighted by molar-refractivity contribution is 6.07. The van der Waals surface area contributed by atoms with Gasteiger partial charge in [0.1, 0.15) is 5.82 Å². The van der Waals surface area contributed by atoms with E-state index in [2.05, 4.69) is 5.32 Å². The SMILES string of the molecule is CCN(C(=O)c1ccccc1F)c1cccc2c1CCN2. The molecule has 3 nitrogen and oxygen atoms in total. The van der Waals surface area contributed by atoms with E-state index in [1.54, 1.807) is 17.0 Å². The van der Waals surface area contributed by atoms with Crippen LogP contribution in [0.3, 0.4) is 0 Å². The molecule has 0 radical (unpaired) electrons. The van der Waals surface area contributed by atoms with Gasteiger partial charge in [-0.05, 0) is 37.6 Å². The van der Waals surface area contributed by atoms with E-state index in [9.17, 15) is 9.18 Å². The number of hydrogen-bond donors (Lipinski definition) is 1. The normalized spacial score (nSPS) is 12.7. The molecular formula is C17H17FN2O. The van der Waals surface area contributed by atoms with E-state index in [0.717, 1.165) is 29.9 Å². The lowest BCUT2D eigenvalue weighted by Gasteiger charge is -2.23. The quantitative estimate of drug-likeness (QED) is 0.936. The molecule has 21 heavy (non-hydrogen) atoms. The number of carbonyl (C=O) groups excluding carboxylic acids is 1. The lowest BCUT2D eigenvalue weighted by molar-refractivity contribution is 0.0984. The van der Waals surface area contributed by atoms with E-state index in [1.165, 1.54) is 12.1 Å². The molecule has 1 aliphatic heterocycles. The van der Waals surface area contributed by atoms with Crippen LogP contribution in [-0.4, -0.2) is 19.0 Å². The van der Waals surface area contributed by atoms with Gasteiger partial charge in [0.2, 0.25) is 0 Å². The minimum absolute atomic E-state index is 0.114. The summed E-state index contributed by atoms with van der Waals surface area (Å²) >= 11 is 0. The monoisotopic (exact) mass is 284 g/mol. The van der Waals surface area contributed by atoms with Gasteiger partial charge in [-0.15, -0.1) is 0 Å². The van der Waals surface area contributed by atoms with Gasteiger partial charge in [0.15, 0.2) is 0 Å². The third kappa shape index (κ3) is 2.37. The highest BCUT2D eigenvalue weighted by Gasteiger charge is 2.23. The lowest BCUT2D eigenvalue weighted by atomic mass is 10.1. The first kappa shape index (κ1) is 13.6. The number of hydrogen-bond acceptors (Lipinski definition) is 2. The first-order valence-corrected chi connectivity index (χ1v) is 7.14. The maximum atomic E-state index is 13.9. The van der Waals surface area contributed by atoms with Crippen molar-refractivity contribution in [1.82, 2.24) is 0 Å². The Labute approximate surface area is 123 Å². The topological polar surface area (TPSA) is 32.3 Å². The molecule has 0 saturated heterocycles. The molecule has 0 saturated carbocycles. The van der Waals surface area contributed by atoms with Crippen LogP contribution in [0.25, 0.3) is 0 Å². The standard InChI is InChI=1S/C17H17FN2O/c1-2-20(17(21)12-6-3-4-7-14(12)18)16-9-5-8-15-13(16)10-11-19-15/h3-9,19H,2,10-11H2,1H3. The Hall–Kier alpha value is -2.36. The van der Waals surface area contributed by atoms with Gasteiger partial charge in [-0.2, -0.15) is 0 Å². The van der Waals surface area contributed by atoms with Crippen LogP contribution in [0.5, 0.6) is 0 Å². The highest BCUT2D eigenvalue weighted by atomic mass is 19.1. The smallest absolute Gasteiger partial charge is 0.261 e. The second-order valence-corrected chi connectivity index (χ2v) is 5.01. The summed E-state index contributed by atoms with van der Waals surface area (Å²) in [4.78, 5) is 14.3. The van der Waals surface area contributed by atoms with Crippen LogP contribution >= 0.6 is 0 Å². The van der Waals surface area contributed by atoms with Crippen LogP contribution in [0.2, 0.25) is 0 Å². The highest BCUT2D eigenvalue weighted by Crippen LogP contribution is 2.32. The van der Waals surface area contributed by atoms with Crippen molar-refractivity contribution in [2.45, 2.75) is 13.3 Å². The van der Waals surface area contributed by atoms with E-state index in [-0.39, 0.29) is 11.5 Å². The van der Waals surface area contributed by atoms with Gasteiger partial charge in [-0.3, -0.25) is 4.79 Å². The lowest BCUT2D eigenvalue weighted by Crippen LogP contribution is -2.32. The molecule has 2 aromatic rings. The van der Waals surface area contributed by atoms with Crippen molar-refractivity contribution in [3.63, 3.8) is 0 Å². The number of amides is 1. The molecule has 0 unspecified atom stereocenters. The predicted octanol–water partition coefficient (Wildman–Crippen LogP) is 3.46. The summed E-state index contributed by atoms with van der Waals surface area (Å²) in [5.41, 5.74) is 3.17. The van der Waals surface area contributed by atoms with E-state index in [1.807, 2.05) is 25.1 Å². The van der Waals surface area contributed by atoms with Crippen LogP contribution in [0.1, 0.15) is 22.8 Å². The van der Waals surface area contributed by atoms with Crippen LogP contribution < -0.4 is 10.2 Å². The molecule has 3 rings (SSSR count). The third-order valence-corrected chi connectivity index (χ3v) is 3.80. The summed E-state index contributed by atoms with van der Waals surface area (Å²) < 4.78 is 13.9. The summed E-state index contributed by atoms with van der Waals surface area (Å²) in [7, 11) is 0. The first-order chi connectivity index (χ1) is 10.2. The van der Waals surface area contributed by atoms with Gasteiger partial charge < -0.3 is 10.2 Å². The Kier molecular flexibility index (Phi) is 3.60. The molecule has 0 aliphatic carbocycles. The second kappa shape index (κ2) is 5.56. The molecule has 1 heterocycles. The molecule has 1 N–H and O–H groups in total. The molecular weight excluding hydrogens is 267 g/mol. The van der Waals surface area contributed by atoms with Crippen LogP contribution in [0.4, 0.5) is 15.8 Å². The average molecular weight is 284 g/mol. The molecule has 0 spiro atoms. The van der Waals surface area contributed by atoms with Gasteiger partial charge >= 0.3 is 0 Å². The van der Waals surface area contributed by atoms with E-state index in [4.69, 9.17) is 0 Å². The van der Waals surface area contributed by atoms with Crippen LogP contribution in [0, 0.1) is 5.82 Å². The minimum atomic E-state index is -0.480. The summed E-state index contributed by atoms with van der Waals surface area (Å²) in [5.74, 6) is -0.775. The molecule has 0 bridgehead atoms. The largest absolute Gasteiger partial charge is 0.384 e. The number of carbonyl (C=O) groups is 1. The predicted molar refractivity (Wildman–Crippen MR) is 82.4 cm³/mol. The summed E-state index contributed by atoms with van der Waals surface area (Å²) in [6, 6.07) is 12.0. The van der Waals surface area contributed by atoms with Crippen LogP contribution in [0.15, 0.2) is 42.5 Å². The summed E-state index contributed by atoms with van der Waals surface area (Å²) in [6.07, 6.45) is 0.882. The Bertz CT molecular complexity index is 684. The number of anilines is 2. The Morgan fingerprint density at radius 2 is 2.05 bits per heavy atom. The third-order valence-electron chi connectivity index (χ3n) is 3.80. The van der Waals surface area contributed by atoms with E-state index < -0.39 is 5.82 Å². The molecule has 0 atom stereocenters. The van der Waals surface area contributed by atoms with Gasteiger partial charge in [0.05, 0.1) is 5.56 Å². The minimum Gasteiger partial charge on any atom is -0.384 e. The Morgan fingerprint density at radius 3 is 2.81 bits per heavy atom. The molecule has 1 amide bonds. The zero-order valence-electron chi connectivity index (χ0n) is 11.9. The van der Waals surface area contributed by atoms with Gasteiger partial charge in [-0.1, -0.05) is 18.2 Å². The zero-order chi connectivity index (χ0) is 14.8. The van der Waals surface area contributed by atoms with Gasteiger partial charge in [0, 0.05) is 30.0 Å². The van der Waals surface area contributed by atoms with Crippen molar-refractivity contribution < 1.29 is 9.18 Å². The summed E-state index contributed by atoms with van der Waals surface area (Å²) in [6.45, 7) is 3.28. The molecule has 0 aromatic heterocycles. The Balaban J connectivity index is 2.02. The van der Waals surface area contributed by atoms with E-state index in [0.29, 0.717) is 6.54 Å². The van der Waals surface area contributed by atoms with Crippen molar-refractivity contribution >= 4 is 17.3 Å². The first-order valence-electron chi connectivity index (χ1n) is 7.14. The maximum absolute atomic E-state index is 13.9. The average Bonchev–Trinajstić information content (AvgIpc) is 2.97. The fourth-order valence-electron chi connectivity index (χ4n) is 2.78. The number of nitrogens with zero attached hydrogens (tertiary/aromatic N) is 1. The maximum Gasteiger partial charge on any atom is 0.261 e. The molecule has 2 aromatic carbocycles. The van der Waals surface area contributed by atoms with E-state index >= 15 is 0 Å². The van der Waals surface area contributed by atoms with Crippen LogP contribution in [-0.2, 0) is 6.42 Å². The fraction of sp³-hybridized carbons (Fsp3) is 0.235. The molecule has 0 fully saturated rings. The van der Waals surface area contributed by atoms with Crippen molar-refractivity contribution in [1.29, 1.82) is 0 Å². The van der Waals surface area contributed by atoms with Gasteiger partial charge in [-0.25, -0.2) is 4.39 Å². The number of benzene rings is 2. The van der Waals surface area contributed by atoms with Crippen molar-refractivity contribution in [3.05, 3.63) is 59.4 Å². The number of fused-ring (bicyclic) bond motifs is 1. The number of rotatable bonds is 3. The van der Waals surface area contributed by atoms with Crippen molar-refractivity contribution in [2.24, 2.45) is 0 Å². The van der Waals surface area contributed by atoms with Gasteiger partial charge in [0.25, 0.3) is 5.91 Å². The zero-order valence-corrected chi connectivity index (χ0v) is 11.9. The second-order valence-electron chi connectivity index (χ2n) is 5.01. The number of nitrogens with one attached hydrogen (secondary N) is 1. The fourth-order valence-corrected chi connectivity index (χ4v) is 2.78. The summed E-state index contributed by atoms with van der Waals surface area (Å²) in [5, 5.41) is 3.30.